The Bertz CT molecular complexity index is 877. The van der Waals surface area contributed by atoms with Gasteiger partial charge in [-0.05, 0) is 71.2 Å². The average molecular weight is 414 g/mol. The van der Waals surface area contributed by atoms with Crippen LogP contribution in [0.5, 0.6) is 5.75 Å². The lowest BCUT2D eigenvalue weighted by Crippen LogP contribution is -2.35. The van der Waals surface area contributed by atoms with Crippen LogP contribution in [0, 0.1) is 6.92 Å². The zero-order valence-electron chi connectivity index (χ0n) is 14.6. The quantitative estimate of drug-likeness (QED) is 0.663. The summed E-state index contributed by atoms with van der Waals surface area (Å²) in [5, 5.41) is 7.09. The third-order valence-corrected chi connectivity index (χ3v) is 4.55. The second-order valence-corrected chi connectivity index (χ2v) is 6.88. The summed E-state index contributed by atoms with van der Waals surface area (Å²) in [5.41, 5.74) is 3.11. The molecule has 0 aliphatic heterocycles. The molecule has 0 saturated heterocycles. The van der Waals surface area contributed by atoms with Crippen molar-refractivity contribution in [1.82, 2.24) is 15.1 Å². The molecule has 0 fully saturated rings. The molecule has 134 valence electrons. The monoisotopic (exact) mass is 413 g/mol. The van der Waals surface area contributed by atoms with Gasteiger partial charge in [0.2, 0.25) is 0 Å². The Morgan fingerprint density at radius 3 is 2.69 bits per heavy atom. The van der Waals surface area contributed by atoms with Crippen LogP contribution in [-0.2, 0) is 11.3 Å². The van der Waals surface area contributed by atoms with Gasteiger partial charge >= 0.3 is 0 Å². The molecule has 1 atom stereocenters. The van der Waals surface area contributed by atoms with Crippen molar-refractivity contribution < 1.29 is 9.53 Å². The number of nitrogens with one attached hydrogen (secondary N) is 1. The molecule has 2 aromatic carbocycles. The summed E-state index contributed by atoms with van der Waals surface area (Å²) in [4.78, 5) is 12.3. The van der Waals surface area contributed by atoms with Gasteiger partial charge < -0.3 is 10.1 Å². The number of rotatable bonds is 6. The first-order chi connectivity index (χ1) is 12.5. The van der Waals surface area contributed by atoms with Crippen molar-refractivity contribution in [3.05, 3.63) is 76.5 Å². The van der Waals surface area contributed by atoms with E-state index in [1.807, 2.05) is 61.7 Å². The standard InChI is InChI=1S/C20H20BrN3O2/c1-14-4-9-19(18(21)12-14)26-15(2)20(25)22-13-16-5-7-17(8-6-16)24-11-3-10-23-24/h3-12,15H,13H2,1-2H3,(H,22,25). The highest BCUT2D eigenvalue weighted by Crippen LogP contribution is 2.26. The Labute approximate surface area is 161 Å². The molecule has 26 heavy (non-hydrogen) atoms. The number of carbonyl (C=O) groups excluding carboxylic acids is 1. The van der Waals surface area contributed by atoms with E-state index in [9.17, 15) is 4.79 Å². The first kappa shape index (κ1) is 18.2. The lowest BCUT2D eigenvalue weighted by Gasteiger charge is -2.16. The smallest absolute Gasteiger partial charge is 0.261 e. The van der Waals surface area contributed by atoms with Gasteiger partial charge in [0.25, 0.3) is 5.91 Å². The van der Waals surface area contributed by atoms with E-state index in [0.717, 1.165) is 21.3 Å². The van der Waals surface area contributed by atoms with Gasteiger partial charge in [0.15, 0.2) is 6.10 Å². The molecule has 5 nitrogen and oxygen atoms in total. The van der Waals surface area contributed by atoms with Crippen LogP contribution in [0.2, 0.25) is 0 Å². The predicted molar refractivity (Wildman–Crippen MR) is 104 cm³/mol. The van der Waals surface area contributed by atoms with Crippen molar-refractivity contribution in [2.24, 2.45) is 0 Å². The van der Waals surface area contributed by atoms with Crippen LogP contribution in [0.3, 0.4) is 0 Å². The van der Waals surface area contributed by atoms with Crippen LogP contribution in [0.4, 0.5) is 0 Å². The molecule has 6 heteroatoms. The van der Waals surface area contributed by atoms with Crippen LogP contribution in [0.15, 0.2) is 65.4 Å². The average Bonchev–Trinajstić information content (AvgIpc) is 3.17. The fraction of sp³-hybridized carbons (Fsp3) is 0.200. The number of benzene rings is 2. The fourth-order valence-electron chi connectivity index (χ4n) is 2.47. The maximum Gasteiger partial charge on any atom is 0.261 e. The molecular weight excluding hydrogens is 394 g/mol. The van der Waals surface area contributed by atoms with E-state index in [1.165, 1.54) is 0 Å². The number of carbonyl (C=O) groups is 1. The summed E-state index contributed by atoms with van der Waals surface area (Å²) >= 11 is 3.46. The van der Waals surface area contributed by atoms with Crippen LogP contribution in [0.25, 0.3) is 5.69 Å². The minimum atomic E-state index is -0.586. The molecule has 3 aromatic rings. The summed E-state index contributed by atoms with van der Waals surface area (Å²) in [6, 6.07) is 15.5. The molecule has 1 aromatic heterocycles. The Morgan fingerprint density at radius 1 is 1.27 bits per heavy atom. The van der Waals surface area contributed by atoms with Gasteiger partial charge in [-0.2, -0.15) is 5.10 Å². The van der Waals surface area contributed by atoms with Crippen molar-refractivity contribution >= 4 is 21.8 Å². The predicted octanol–water partition coefficient (Wildman–Crippen LogP) is 4.03. The molecule has 0 saturated carbocycles. The number of ether oxygens (including phenoxy) is 1. The summed E-state index contributed by atoms with van der Waals surface area (Å²) < 4.78 is 8.38. The Balaban J connectivity index is 1.54. The van der Waals surface area contributed by atoms with Gasteiger partial charge in [-0.25, -0.2) is 4.68 Å². The van der Waals surface area contributed by atoms with Gasteiger partial charge in [0.1, 0.15) is 5.75 Å². The molecule has 3 rings (SSSR count). The lowest BCUT2D eigenvalue weighted by molar-refractivity contribution is -0.127. The van der Waals surface area contributed by atoms with E-state index in [-0.39, 0.29) is 5.91 Å². The van der Waals surface area contributed by atoms with Crippen molar-refractivity contribution in [2.75, 3.05) is 0 Å². The van der Waals surface area contributed by atoms with Crippen LogP contribution >= 0.6 is 15.9 Å². The fourth-order valence-corrected chi connectivity index (χ4v) is 3.05. The summed E-state index contributed by atoms with van der Waals surface area (Å²) in [7, 11) is 0. The molecule has 1 N–H and O–H groups in total. The highest BCUT2D eigenvalue weighted by atomic mass is 79.9. The van der Waals surface area contributed by atoms with E-state index in [0.29, 0.717) is 12.3 Å². The minimum absolute atomic E-state index is 0.159. The largest absolute Gasteiger partial charge is 0.480 e. The van der Waals surface area contributed by atoms with Crippen LogP contribution in [0.1, 0.15) is 18.1 Å². The summed E-state index contributed by atoms with van der Waals surface area (Å²) in [6.07, 6.45) is 3.04. The number of hydrogen-bond donors (Lipinski definition) is 1. The molecule has 1 amide bonds. The maximum absolute atomic E-state index is 12.3. The second-order valence-electron chi connectivity index (χ2n) is 6.03. The first-order valence-corrected chi connectivity index (χ1v) is 9.12. The SMILES string of the molecule is Cc1ccc(OC(C)C(=O)NCc2ccc(-n3cccn3)cc2)c(Br)c1. The highest BCUT2D eigenvalue weighted by molar-refractivity contribution is 9.10. The molecule has 0 radical (unpaired) electrons. The van der Waals surface area contributed by atoms with Crippen LogP contribution in [-0.4, -0.2) is 21.8 Å². The zero-order chi connectivity index (χ0) is 18.5. The van der Waals surface area contributed by atoms with E-state index in [4.69, 9.17) is 4.74 Å². The number of halogens is 1. The molecule has 0 aliphatic rings. The van der Waals surface area contributed by atoms with Gasteiger partial charge in [-0.15, -0.1) is 0 Å². The maximum atomic E-state index is 12.3. The van der Waals surface area contributed by atoms with E-state index >= 15 is 0 Å². The summed E-state index contributed by atoms with van der Waals surface area (Å²) in [6.45, 7) is 4.19. The van der Waals surface area contributed by atoms with Gasteiger partial charge in [0.05, 0.1) is 10.2 Å². The van der Waals surface area contributed by atoms with Crippen LogP contribution < -0.4 is 10.1 Å². The normalized spacial score (nSPS) is 11.8. The molecule has 0 aliphatic carbocycles. The van der Waals surface area contributed by atoms with Gasteiger partial charge in [-0.1, -0.05) is 18.2 Å². The Morgan fingerprint density at radius 2 is 2.04 bits per heavy atom. The van der Waals surface area contributed by atoms with Crippen molar-refractivity contribution in [3.63, 3.8) is 0 Å². The Hall–Kier alpha value is -2.60. The second kappa shape index (κ2) is 8.19. The minimum Gasteiger partial charge on any atom is -0.480 e. The number of amides is 1. The van der Waals surface area contributed by atoms with Crippen molar-refractivity contribution in [1.29, 1.82) is 0 Å². The lowest BCUT2D eigenvalue weighted by atomic mass is 10.2. The third-order valence-electron chi connectivity index (χ3n) is 3.93. The number of hydrogen-bond acceptors (Lipinski definition) is 3. The van der Waals surface area contributed by atoms with E-state index in [2.05, 4.69) is 26.3 Å². The van der Waals surface area contributed by atoms with Crippen molar-refractivity contribution in [3.8, 4) is 11.4 Å². The first-order valence-electron chi connectivity index (χ1n) is 8.32. The van der Waals surface area contributed by atoms with E-state index < -0.39 is 6.10 Å². The Kier molecular flexibility index (Phi) is 5.73. The zero-order valence-corrected chi connectivity index (χ0v) is 16.2. The summed E-state index contributed by atoms with van der Waals surface area (Å²) in [5.74, 6) is 0.496. The number of nitrogens with zero attached hydrogens (tertiary/aromatic N) is 2. The molecular formula is C20H20BrN3O2. The molecule has 1 unspecified atom stereocenters. The topological polar surface area (TPSA) is 56.1 Å². The van der Waals surface area contributed by atoms with Gasteiger partial charge in [-0.3, -0.25) is 4.79 Å². The van der Waals surface area contributed by atoms with Gasteiger partial charge in [0, 0.05) is 18.9 Å². The molecule has 1 heterocycles. The number of aryl methyl sites for hydroxylation is 1. The third kappa shape index (κ3) is 4.52. The highest BCUT2D eigenvalue weighted by Gasteiger charge is 2.15. The van der Waals surface area contributed by atoms with Crippen molar-refractivity contribution in [2.45, 2.75) is 26.5 Å². The van der Waals surface area contributed by atoms with E-state index in [1.54, 1.807) is 17.8 Å². The number of aromatic nitrogens is 2. The molecule has 0 spiro atoms. The molecule has 0 bridgehead atoms.